The Balaban J connectivity index is 2.19. The Hall–Kier alpha value is -1.29. The van der Waals surface area contributed by atoms with Gasteiger partial charge in [-0.2, -0.15) is 8.42 Å². The van der Waals surface area contributed by atoms with Gasteiger partial charge in [-0.05, 0) is 5.56 Å². The number of aliphatic hydroxyl groups excluding tert-OH is 5. The van der Waals surface area contributed by atoms with Gasteiger partial charge in [0.05, 0.1) is 12.7 Å². The summed E-state index contributed by atoms with van der Waals surface area (Å²) >= 11 is 0.597. The van der Waals surface area contributed by atoms with Crippen LogP contribution in [0.25, 0.3) is 0 Å². The van der Waals surface area contributed by atoms with E-state index in [1.807, 2.05) is 0 Å². The highest BCUT2D eigenvalue weighted by molar-refractivity contribution is 8.14. The largest absolute Gasteiger partial charge is 0.466 e. The van der Waals surface area contributed by atoms with E-state index in [-0.39, 0.29) is 11.5 Å². The Morgan fingerprint density at radius 3 is 2.39 bits per heavy atom. The van der Waals surface area contributed by atoms with Crippen molar-refractivity contribution in [2.45, 2.75) is 42.4 Å². The van der Waals surface area contributed by atoms with Crippen LogP contribution in [0.2, 0.25) is 0 Å². The van der Waals surface area contributed by atoms with Crippen LogP contribution in [0.1, 0.15) is 18.1 Å². The van der Waals surface area contributed by atoms with E-state index >= 15 is 0 Å². The van der Waals surface area contributed by atoms with Crippen LogP contribution in [0, 0.1) is 0 Å². The molecule has 0 spiro atoms. The molecule has 1 aromatic rings. The van der Waals surface area contributed by atoms with Crippen LogP contribution in [0.3, 0.4) is 0 Å². The van der Waals surface area contributed by atoms with Crippen molar-refractivity contribution >= 4 is 27.2 Å². The first kappa shape index (κ1) is 23.0. The number of oxime groups is 1. The molecule has 0 aromatic heterocycles. The van der Waals surface area contributed by atoms with Crippen molar-refractivity contribution in [2.24, 2.45) is 5.16 Å². The van der Waals surface area contributed by atoms with Crippen LogP contribution >= 0.6 is 11.8 Å². The summed E-state index contributed by atoms with van der Waals surface area (Å²) in [6.07, 6.45) is -7.43. The van der Waals surface area contributed by atoms with E-state index in [0.29, 0.717) is 17.3 Å². The second kappa shape index (κ2) is 9.96. The molecule has 1 aromatic carbocycles. The highest BCUT2D eigenvalue weighted by Crippen LogP contribution is 2.32. The zero-order chi connectivity index (χ0) is 20.9. The summed E-state index contributed by atoms with van der Waals surface area (Å²) in [6.45, 7) is -0.650. The minimum absolute atomic E-state index is 0.196. The Morgan fingerprint density at radius 2 is 1.82 bits per heavy atom. The third-order valence-electron chi connectivity index (χ3n) is 3.89. The lowest BCUT2D eigenvalue weighted by Gasteiger charge is -2.39. The van der Waals surface area contributed by atoms with Gasteiger partial charge in [-0.3, -0.25) is 4.55 Å². The lowest BCUT2D eigenvalue weighted by Crippen LogP contribution is -2.57. The molecular weight excluding hydrogens is 418 g/mol. The molecule has 158 valence electrons. The predicted octanol–water partition coefficient (Wildman–Crippen LogP) is -1.22. The number of nitrogens with zero attached hydrogens (tertiary/aromatic N) is 1. The Bertz CT molecular complexity index is 757. The van der Waals surface area contributed by atoms with Crippen molar-refractivity contribution in [3.05, 3.63) is 35.9 Å². The first-order valence-electron chi connectivity index (χ1n) is 8.05. The molecule has 0 radical (unpaired) electrons. The molecule has 1 fully saturated rings. The van der Waals surface area contributed by atoms with E-state index in [2.05, 4.69) is 9.44 Å². The minimum atomic E-state index is -4.92. The summed E-state index contributed by atoms with van der Waals surface area (Å²) in [5, 5.41) is 52.3. The lowest BCUT2D eigenvalue weighted by molar-refractivity contribution is -0.205. The normalized spacial score (nSPS) is 30.1. The van der Waals surface area contributed by atoms with E-state index in [1.165, 1.54) is 0 Å². The maximum Gasteiger partial charge on any atom is 0.466 e. The van der Waals surface area contributed by atoms with Gasteiger partial charge >= 0.3 is 10.4 Å². The summed E-state index contributed by atoms with van der Waals surface area (Å²) in [4.78, 5) is 0. The van der Waals surface area contributed by atoms with Crippen LogP contribution in [0.15, 0.2) is 35.5 Å². The van der Waals surface area contributed by atoms with E-state index in [4.69, 9.17) is 9.29 Å². The van der Waals surface area contributed by atoms with E-state index < -0.39 is 53.0 Å². The van der Waals surface area contributed by atoms with Crippen molar-refractivity contribution in [2.75, 3.05) is 6.61 Å². The number of benzene rings is 1. The predicted molar refractivity (Wildman–Crippen MR) is 97.4 cm³/mol. The van der Waals surface area contributed by atoms with Gasteiger partial charge in [0.1, 0.15) is 34.9 Å². The topological polar surface area (TPSA) is 186 Å². The zero-order valence-corrected chi connectivity index (χ0v) is 16.0. The van der Waals surface area contributed by atoms with Gasteiger partial charge < -0.3 is 30.3 Å². The number of hydrogen-bond donors (Lipinski definition) is 6. The molecule has 11 nitrogen and oxygen atoms in total. The molecule has 6 atom stereocenters. The minimum Gasteiger partial charge on any atom is -0.394 e. The van der Waals surface area contributed by atoms with Gasteiger partial charge in [-0.25, -0.2) is 4.28 Å². The smallest absolute Gasteiger partial charge is 0.394 e. The molecule has 1 heterocycles. The van der Waals surface area contributed by atoms with Crippen molar-refractivity contribution in [1.82, 2.24) is 0 Å². The maximum absolute atomic E-state index is 10.8. The molecule has 0 bridgehead atoms. The highest BCUT2D eigenvalue weighted by atomic mass is 32.3. The van der Waals surface area contributed by atoms with Crippen LogP contribution < -0.4 is 0 Å². The Kier molecular flexibility index (Phi) is 8.18. The molecule has 28 heavy (non-hydrogen) atoms. The van der Waals surface area contributed by atoms with E-state index in [0.717, 1.165) is 0 Å². The summed E-state index contributed by atoms with van der Waals surface area (Å²) in [7, 11) is -4.92. The van der Waals surface area contributed by atoms with Gasteiger partial charge in [0.2, 0.25) is 0 Å². The molecular formula is C15H21NO10S2. The average Bonchev–Trinajstić information content (AvgIpc) is 2.66. The Labute approximate surface area is 165 Å². The number of ether oxygens (including phenoxy) is 1. The van der Waals surface area contributed by atoms with Crippen LogP contribution in [-0.2, 0) is 19.4 Å². The van der Waals surface area contributed by atoms with Crippen molar-refractivity contribution in [3.63, 3.8) is 0 Å². The van der Waals surface area contributed by atoms with Gasteiger partial charge in [0, 0.05) is 6.42 Å². The van der Waals surface area contributed by atoms with Crippen LogP contribution in [0.5, 0.6) is 0 Å². The third-order valence-corrected chi connectivity index (χ3v) is 5.28. The zero-order valence-electron chi connectivity index (χ0n) is 14.3. The average molecular weight is 439 g/mol. The van der Waals surface area contributed by atoms with Crippen molar-refractivity contribution in [1.29, 1.82) is 0 Å². The lowest BCUT2D eigenvalue weighted by atomic mass is 10.0. The molecule has 1 aliphatic heterocycles. The molecule has 2 rings (SSSR count). The molecule has 6 N–H and O–H groups in total. The molecule has 0 saturated carbocycles. The summed E-state index contributed by atoms with van der Waals surface area (Å²) in [5.74, 6) is 0. The number of rotatable bonds is 7. The number of hydrogen-bond acceptors (Lipinski definition) is 11. The fraction of sp³-hybridized carbons (Fsp3) is 0.533. The SMILES string of the molecule is O=S(=O)(O)O/N=C(/C[C@H](O)c1ccccc1)S[C@H]1O[C@H](CO)[C@H](O)[C@H](O)[C@H]1O. The summed E-state index contributed by atoms with van der Waals surface area (Å²) in [5.41, 5.74) is -0.793. The standard InChI is InChI=1S/C15H21NO10S2/c17-7-10-12(19)13(20)14(21)15(25-10)27-11(16-26-28(22,23)24)6-9(18)8-4-2-1-3-5-8/h1-5,9-10,12-15,17-21H,6-7H2,(H,22,23,24)/b16-11-/t9-,10+,12-,13-,14+,15+/m0/s1. The van der Waals surface area contributed by atoms with Gasteiger partial charge in [-0.1, -0.05) is 47.2 Å². The second-order valence-corrected chi connectivity index (χ2v) is 8.11. The highest BCUT2D eigenvalue weighted by Gasteiger charge is 2.44. The fourth-order valence-corrected chi connectivity index (χ4v) is 3.79. The van der Waals surface area contributed by atoms with E-state index in [1.54, 1.807) is 30.3 Å². The van der Waals surface area contributed by atoms with Crippen LogP contribution in [-0.4, -0.2) is 80.0 Å². The monoisotopic (exact) mass is 439 g/mol. The quantitative estimate of drug-likeness (QED) is 0.129. The first-order chi connectivity index (χ1) is 13.1. The van der Waals surface area contributed by atoms with Gasteiger partial charge in [0.15, 0.2) is 0 Å². The van der Waals surface area contributed by atoms with Crippen molar-refractivity contribution < 1.29 is 47.5 Å². The third kappa shape index (κ3) is 6.37. The molecule has 0 amide bonds. The molecule has 1 saturated heterocycles. The Morgan fingerprint density at radius 1 is 1.18 bits per heavy atom. The molecule has 1 aliphatic rings. The maximum atomic E-state index is 10.8. The number of aliphatic hydroxyl groups is 5. The molecule has 13 heteroatoms. The molecule has 0 aliphatic carbocycles. The van der Waals surface area contributed by atoms with E-state index in [9.17, 15) is 34.0 Å². The molecule has 0 unspecified atom stereocenters. The first-order valence-corrected chi connectivity index (χ1v) is 10.3. The van der Waals surface area contributed by atoms with Crippen LogP contribution in [0.4, 0.5) is 0 Å². The number of thioether (sulfide) groups is 1. The second-order valence-electron chi connectivity index (χ2n) is 5.93. The van der Waals surface area contributed by atoms with Gasteiger partial charge in [0.25, 0.3) is 0 Å². The summed E-state index contributed by atoms with van der Waals surface area (Å²) in [6, 6.07) is 8.31. The van der Waals surface area contributed by atoms with Crippen molar-refractivity contribution in [3.8, 4) is 0 Å². The fourth-order valence-electron chi connectivity index (χ4n) is 2.45. The van der Waals surface area contributed by atoms with Gasteiger partial charge in [-0.15, -0.1) is 0 Å². The summed E-state index contributed by atoms with van der Waals surface area (Å²) < 4.78 is 39.6.